The van der Waals surface area contributed by atoms with Gasteiger partial charge in [0.2, 0.25) is 5.91 Å². The number of nitrogens with one attached hydrogen (secondary N) is 1. The molecule has 1 saturated heterocycles. The molecule has 0 aromatic carbocycles. The van der Waals surface area contributed by atoms with E-state index in [2.05, 4.69) is 5.32 Å². The van der Waals surface area contributed by atoms with Gasteiger partial charge < -0.3 is 20.4 Å². The van der Waals surface area contributed by atoms with Crippen molar-refractivity contribution in [3.05, 3.63) is 0 Å². The van der Waals surface area contributed by atoms with Crippen LogP contribution in [0.1, 0.15) is 6.42 Å². The Morgan fingerprint density at radius 2 is 1.83 bits per heavy atom. The number of aliphatic hydroxyl groups excluding tert-OH is 2. The number of hydrogen-bond donors (Lipinski definition) is 4. The maximum absolute atomic E-state index is 12.0. The summed E-state index contributed by atoms with van der Waals surface area (Å²) in [6.07, 6.45) is -0.00890. The van der Waals surface area contributed by atoms with E-state index in [0.717, 1.165) is 0 Å². The zero-order valence-electron chi connectivity index (χ0n) is 9.82. The van der Waals surface area contributed by atoms with Gasteiger partial charge in [0.15, 0.2) is 0 Å². The SMILES string of the molecule is O=C([C@@H]1C[C@H](S(=O)(=O)O)CN1)N(CCO)CCO. The minimum absolute atomic E-state index is 0.00890. The highest BCUT2D eigenvalue weighted by Gasteiger charge is 2.37. The van der Waals surface area contributed by atoms with Gasteiger partial charge in [0, 0.05) is 19.6 Å². The van der Waals surface area contributed by atoms with E-state index in [1.807, 2.05) is 0 Å². The maximum atomic E-state index is 12.0. The monoisotopic (exact) mass is 282 g/mol. The van der Waals surface area contributed by atoms with Gasteiger partial charge in [0.1, 0.15) is 5.25 Å². The van der Waals surface area contributed by atoms with E-state index in [9.17, 15) is 13.2 Å². The van der Waals surface area contributed by atoms with E-state index in [4.69, 9.17) is 14.8 Å². The van der Waals surface area contributed by atoms with Crippen LogP contribution in [0.15, 0.2) is 0 Å². The van der Waals surface area contributed by atoms with Gasteiger partial charge in [-0.1, -0.05) is 0 Å². The molecule has 1 amide bonds. The average molecular weight is 282 g/mol. The van der Waals surface area contributed by atoms with E-state index in [1.165, 1.54) is 4.90 Å². The Hall–Kier alpha value is -0.740. The molecule has 18 heavy (non-hydrogen) atoms. The van der Waals surface area contributed by atoms with Gasteiger partial charge in [-0.25, -0.2) is 0 Å². The summed E-state index contributed by atoms with van der Waals surface area (Å²) in [6, 6.07) is -0.713. The molecule has 0 unspecified atom stereocenters. The van der Waals surface area contributed by atoms with Crippen LogP contribution in [0.5, 0.6) is 0 Å². The van der Waals surface area contributed by atoms with E-state index >= 15 is 0 Å². The first-order chi connectivity index (χ1) is 8.40. The summed E-state index contributed by atoms with van der Waals surface area (Å²) < 4.78 is 30.8. The highest BCUT2D eigenvalue weighted by atomic mass is 32.2. The second-order valence-corrected chi connectivity index (χ2v) is 5.80. The largest absolute Gasteiger partial charge is 0.395 e. The Morgan fingerprint density at radius 1 is 1.28 bits per heavy atom. The summed E-state index contributed by atoms with van der Waals surface area (Å²) in [5, 5.41) is 19.3. The quantitative estimate of drug-likeness (QED) is 0.394. The second-order valence-electron chi connectivity index (χ2n) is 4.11. The Labute approximate surface area is 105 Å². The molecule has 8 nitrogen and oxygen atoms in total. The molecule has 0 radical (unpaired) electrons. The highest BCUT2D eigenvalue weighted by molar-refractivity contribution is 7.86. The van der Waals surface area contributed by atoms with Crippen LogP contribution < -0.4 is 5.32 Å². The molecule has 1 fully saturated rings. The van der Waals surface area contributed by atoms with E-state index in [1.54, 1.807) is 0 Å². The third-order valence-electron chi connectivity index (χ3n) is 2.86. The van der Waals surface area contributed by atoms with Gasteiger partial charge in [0.05, 0.1) is 19.3 Å². The lowest BCUT2D eigenvalue weighted by Crippen LogP contribution is -2.45. The number of rotatable bonds is 6. The van der Waals surface area contributed by atoms with Crippen LogP contribution in [0.4, 0.5) is 0 Å². The topological polar surface area (TPSA) is 127 Å². The fourth-order valence-corrected chi connectivity index (χ4v) is 2.65. The third kappa shape index (κ3) is 3.89. The standard InChI is InChI=1S/C9H18N2O6S/c12-3-1-11(2-4-13)9(14)8-5-7(6-10-8)18(15,16)17/h7-8,10,12-13H,1-6H2,(H,15,16,17)/t7-,8-/m0/s1. The van der Waals surface area contributed by atoms with Crippen LogP contribution in [-0.2, 0) is 14.9 Å². The van der Waals surface area contributed by atoms with Crippen LogP contribution in [-0.4, -0.2) is 78.1 Å². The average Bonchev–Trinajstić information content (AvgIpc) is 2.76. The minimum Gasteiger partial charge on any atom is -0.395 e. The molecule has 0 aliphatic carbocycles. The molecule has 0 aromatic rings. The smallest absolute Gasteiger partial charge is 0.269 e. The van der Waals surface area contributed by atoms with Crippen molar-refractivity contribution >= 4 is 16.0 Å². The van der Waals surface area contributed by atoms with Crippen molar-refractivity contribution in [1.29, 1.82) is 0 Å². The molecule has 1 aliphatic heterocycles. The molecular formula is C9H18N2O6S. The number of hydrogen-bond acceptors (Lipinski definition) is 6. The van der Waals surface area contributed by atoms with Crippen molar-refractivity contribution in [2.75, 3.05) is 32.8 Å². The number of aliphatic hydroxyl groups is 2. The Balaban J connectivity index is 2.62. The Kier molecular flexibility index (Phi) is 5.47. The molecule has 2 atom stereocenters. The minimum atomic E-state index is -4.15. The first-order valence-corrected chi connectivity index (χ1v) is 7.10. The van der Waals surface area contributed by atoms with Gasteiger partial charge in [-0.15, -0.1) is 0 Å². The van der Waals surface area contributed by atoms with Gasteiger partial charge >= 0.3 is 0 Å². The first kappa shape index (κ1) is 15.3. The van der Waals surface area contributed by atoms with Crippen LogP contribution in [0, 0.1) is 0 Å². The highest BCUT2D eigenvalue weighted by Crippen LogP contribution is 2.15. The van der Waals surface area contributed by atoms with E-state index < -0.39 is 21.4 Å². The second kappa shape index (κ2) is 6.43. The molecule has 1 aliphatic rings. The zero-order chi connectivity index (χ0) is 13.8. The first-order valence-electron chi connectivity index (χ1n) is 5.60. The predicted octanol–water partition coefficient (Wildman–Crippen LogP) is -2.58. The molecule has 106 valence electrons. The summed E-state index contributed by atoms with van der Waals surface area (Å²) in [6.45, 7) is -0.302. The molecule has 1 heterocycles. The molecule has 0 spiro atoms. The van der Waals surface area contributed by atoms with Crippen LogP contribution in [0.3, 0.4) is 0 Å². The molecule has 0 bridgehead atoms. The number of amides is 1. The van der Waals surface area contributed by atoms with Crippen LogP contribution >= 0.6 is 0 Å². The summed E-state index contributed by atoms with van der Waals surface area (Å²) >= 11 is 0. The van der Waals surface area contributed by atoms with Crippen molar-refractivity contribution in [2.24, 2.45) is 0 Å². The van der Waals surface area contributed by atoms with Crippen molar-refractivity contribution in [3.63, 3.8) is 0 Å². The molecule has 4 N–H and O–H groups in total. The summed E-state index contributed by atoms with van der Waals surface area (Å²) in [5.74, 6) is -0.385. The fraction of sp³-hybridized carbons (Fsp3) is 0.889. The van der Waals surface area contributed by atoms with Crippen LogP contribution in [0.2, 0.25) is 0 Å². The maximum Gasteiger partial charge on any atom is 0.269 e. The number of nitrogens with zero attached hydrogens (tertiary/aromatic N) is 1. The van der Waals surface area contributed by atoms with Crippen molar-refractivity contribution in [1.82, 2.24) is 10.2 Å². The van der Waals surface area contributed by atoms with E-state index in [-0.39, 0.29) is 45.2 Å². The molecule has 0 saturated carbocycles. The number of carbonyl (C=O) groups is 1. The predicted molar refractivity (Wildman–Crippen MR) is 62.5 cm³/mol. The molecule has 9 heteroatoms. The normalized spacial score (nSPS) is 24.2. The van der Waals surface area contributed by atoms with Gasteiger partial charge in [-0.3, -0.25) is 9.35 Å². The van der Waals surface area contributed by atoms with Crippen molar-refractivity contribution < 1.29 is 28.0 Å². The van der Waals surface area contributed by atoms with Gasteiger partial charge in [0.25, 0.3) is 10.1 Å². The Bertz CT molecular complexity index is 379. The zero-order valence-corrected chi connectivity index (χ0v) is 10.6. The number of carbonyl (C=O) groups excluding carboxylic acids is 1. The molecule has 0 aromatic heterocycles. The molecule has 1 rings (SSSR count). The van der Waals surface area contributed by atoms with Crippen molar-refractivity contribution in [3.8, 4) is 0 Å². The van der Waals surface area contributed by atoms with Gasteiger partial charge in [-0.2, -0.15) is 8.42 Å². The lowest BCUT2D eigenvalue weighted by molar-refractivity contribution is -0.134. The van der Waals surface area contributed by atoms with E-state index in [0.29, 0.717) is 0 Å². The lowest BCUT2D eigenvalue weighted by Gasteiger charge is -2.24. The van der Waals surface area contributed by atoms with Crippen LogP contribution in [0.25, 0.3) is 0 Å². The van der Waals surface area contributed by atoms with Crippen molar-refractivity contribution in [2.45, 2.75) is 17.7 Å². The summed E-state index contributed by atoms with van der Waals surface area (Å²) in [7, 11) is -4.15. The molecular weight excluding hydrogens is 264 g/mol. The third-order valence-corrected chi connectivity index (χ3v) is 4.06. The Morgan fingerprint density at radius 3 is 2.22 bits per heavy atom. The summed E-state index contributed by atoms with van der Waals surface area (Å²) in [5.41, 5.74) is 0. The lowest BCUT2D eigenvalue weighted by atomic mass is 10.2. The fourth-order valence-electron chi connectivity index (χ4n) is 1.91. The summed E-state index contributed by atoms with van der Waals surface area (Å²) in [4.78, 5) is 13.2. The van der Waals surface area contributed by atoms with Gasteiger partial charge in [-0.05, 0) is 6.42 Å².